The van der Waals surface area contributed by atoms with E-state index in [1.807, 2.05) is 22.7 Å². The first-order valence-electron chi connectivity index (χ1n) is 7.79. The van der Waals surface area contributed by atoms with Gasteiger partial charge in [0.05, 0.1) is 12.6 Å². The summed E-state index contributed by atoms with van der Waals surface area (Å²) in [6.45, 7) is 3.08. The third kappa shape index (κ3) is 2.85. The number of aryl methyl sites for hydroxylation is 1. The van der Waals surface area contributed by atoms with E-state index in [1.54, 1.807) is 11.1 Å². The van der Waals surface area contributed by atoms with Crippen molar-refractivity contribution in [1.29, 1.82) is 0 Å². The maximum absolute atomic E-state index is 12.5. The van der Waals surface area contributed by atoms with Crippen LogP contribution in [0.5, 0.6) is 0 Å². The fourth-order valence-electron chi connectivity index (χ4n) is 3.21. The number of imidazole rings is 1. The van der Waals surface area contributed by atoms with E-state index in [0.29, 0.717) is 26.1 Å². The van der Waals surface area contributed by atoms with Crippen molar-refractivity contribution in [2.45, 2.75) is 18.9 Å². The number of carbonyl (C=O) groups excluding carboxylic acids is 2. The number of amides is 2. The molecule has 2 saturated heterocycles. The summed E-state index contributed by atoms with van der Waals surface area (Å²) in [5, 5.41) is 0. The van der Waals surface area contributed by atoms with Crippen LogP contribution in [0.2, 0.25) is 0 Å². The Morgan fingerprint density at radius 3 is 2.77 bits per heavy atom. The van der Waals surface area contributed by atoms with E-state index in [2.05, 4.69) is 16.9 Å². The summed E-state index contributed by atoms with van der Waals surface area (Å²) >= 11 is 0. The molecule has 0 aromatic carbocycles. The molecule has 1 atom stereocenters. The minimum absolute atomic E-state index is 0.0440. The smallest absolute Gasteiger partial charge is 0.242 e. The molecule has 0 bridgehead atoms. The summed E-state index contributed by atoms with van der Waals surface area (Å²) in [5.74, 6) is 1.11. The molecule has 7 nitrogen and oxygen atoms in total. The second kappa shape index (κ2) is 6.08. The summed E-state index contributed by atoms with van der Waals surface area (Å²) in [6.07, 6.45) is 5.15. The van der Waals surface area contributed by atoms with Crippen molar-refractivity contribution in [2.75, 3.05) is 39.8 Å². The molecular formula is C15H23N5O2. The zero-order chi connectivity index (χ0) is 15.7. The Kier molecular flexibility index (Phi) is 4.15. The maximum atomic E-state index is 12.5. The average molecular weight is 305 g/mol. The third-order valence-corrected chi connectivity index (χ3v) is 4.65. The number of nitrogens with zero attached hydrogens (tertiary/aromatic N) is 5. The van der Waals surface area contributed by atoms with Crippen LogP contribution in [-0.4, -0.2) is 75.8 Å². The minimum Gasteiger partial charge on any atom is -0.338 e. The van der Waals surface area contributed by atoms with Crippen LogP contribution >= 0.6 is 0 Å². The monoisotopic (exact) mass is 305 g/mol. The standard InChI is InChI=1S/C15H23N5O2/c1-17-8-9-20(10-12(17)15-16-5-7-18(15)2)14(22)11-19-6-3-4-13(19)21/h5,7,12H,3-4,6,8-11H2,1-2H3. The number of hydrogen-bond acceptors (Lipinski definition) is 4. The predicted molar refractivity (Wildman–Crippen MR) is 81.0 cm³/mol. The summed E-state index contributed by atoms with van der Waals surface area (Å²) in [4.78, 5) is 34.4. The number of likely N-dealkylation sites (N-methyl/N-ethyl adjacent to an activating group) is 1. The van der Waals surface area contributed by atoms with Crippen molar-refractivity contribution >= 4 is 11.8 Å². The second-order valence-corrected chi connectivity index (χ2v) is 6.15. The van der Waals surface area contributed by atoms with Gasteiger partial charge in [0.25, 0.3) is 0 Å². The van der Waals surface area contributed by atoms with Crippen LogP contribution in [0.25, 0.3) is 0 Å². The zero-order valence-corrected chi connectivity index (χ0v) is 13.2. The molecule has 1 aromatic rings. The van der Waals surface area contributed by atoms with Gasteiger partial charge < -0.3 is 14.4 Å². The predicted octanol–water partition coefficient (Wildman–Crippen LogP) is -0.142. The number of aromatic nitrogens is 2. The summed E-state index contributed by atoms with van der Waals surface area (Å²) in [5.41, 5.74) is 0. The van der Waals surface area contributed by atoms with Crippen LogP contribution in [0.4, 0.5) is 0 Å². The van der Waals surface area contributed by atoms with Gasteiger partial charge in [-0.05, 0) is 13.5 Å². The van der Waals surface area contributed by atoms with Crippen LogP contribution in [0, 0.1) is 0 Å². The fraction of sp³-hybridized carbons (Fsp3) is 0.667. The molecule has 1 unspecified atom stereocenters. The highest BCUT2D eigenvalue weighted by Gasteiger charge is 2.32. The Morgan fingerprint density at radius 1 is 1.32 bits per heavy atom. The van der Waals surface area contributed by atoms with E-state index >= 15 is 0 Å². The Morgan fingerprint density at radius 2 is 2.14 bits per heavy atom. The van der Waals surface area contributed by atoms with E-state index in [9.17, 15) is 9.59 Å². The van der Waals surface area contributed by atoms with Gasteiger partial charge in [0.1, 0.15) is 5.82 Å². The average Bonchev–Trinajstić information content (AvgIpc) is 3.09. The third-order valence-electron chi connectivity index (χ3n) is 4.65. The Bertz CT molecular complexity index is 570. The molecule has 22 heavy (non-hydrogen) atoms. The van der Waals surface area contributed by atoms with Crippen LogP contribution in [0.1, 0.15) is 24.7 Å². The fourth-order valence-corrected chi connectivity index (χ4v) is 3.21. The molecule has 2 amide bonds. The molecule has 2 fully saturated rings. The molecule has 7 heteroatoms. The van der Waals surface area contributed by atoms with Crippen LogP contribution in [0.3, 0.4) is 0 Å². The summed E-state index contributed by atoms with van der Waals surface area (Å²) in [6, 6.07) is 0.104. The summed E-state index contributed by atoms with van der Waals surface area (Å²) < 4.78 is 2.00. The largest absolute Gasteiger partial charge is 0.338 e. The molecule has 0 spiro atoms. The lowest BCUT2D eigenvalue weighted by molar-refractivity contribution is -0.140. The van der Waals surface area contributed by atoms with Crippen molar-refractivity contribution < 1.29 is 9.59 Å². The van der Waals surface area contributed by atoms with Gasteiger partial charge in [0.15, 0.2) is 0 Å². The Labute approximate surface area is 130 Å². The van der Waals surface area contributed by atoms with Crippen molar-refractivity contribution in [3.8, 4) is 0 Å². The molecule has 2 aliphatic heterocycles. The van der Waals surface area contributed by atoms with Gasteiger partial charge in [0.2, 0.25) is 11.8 Å². The zero-order valence-electron chi connectivity index (χ0n) is 13.2. The van der Waals surface area contributed by atoms with E-state index in [-0.39, 0.29) is 24.4 Å². The number of likely N-dealkylation sites (tertiary alicyclic amines) is 1. The minimum atomic E-state index is 0.0440. The maximum Gasteiger partial charge on any atom is 0.242 e. The first-order valence-corrected chi connectivity index (χ1v) is 7.79. The van der Waals surface area contributed by atoms with Gasteiger partial charge in [-0.25, -0.2) is 4.98 Å². The number of rotatable bonds is 3. The number of carbonyl (C=O) groups is 2. The van der Waals surface area contributed by atoms with E-state index < -0.39 is 0 Å². The quantitative estimate of drug-likeness (QED) is 0.780. The molecule has 0 N–H and O–H groups in total. The Balaban J connectivity index is 1.66. The number of hydrogen-bond donors (Lipinski definition) is 0. The highest BCUT2D eigenvalue weighted by atomic mass is 16.2. The van der Waals surface area contributed by atoms with Crippen LogP contribution in [0.15, 0.2) is 12.4 Å². The molecular weight excluding hydrogens is 282 g/mol. The van der Waals surface area contributed by atoms with Crippen molar-refractivity contribution in [1.82, 2.24) is 24.3 Å². The highest BCUT2D eigenvalue weighted by Crippen LogP contribution is 2.22. The molecule has 2 aliphatic rings. The molecule has 1 aromatic heterocycles. The van der Waals surface area contributed by atoms with Crippen LogP contribution < -0.4 is 0 Å². The molecule has 0 aliphatic carbocycles. The van der Waals surface area contributed by atoms with E-state index in [0.717, 1.165) is 18.8 Å². The van der Waals surface area contributed by atoms with E-state index in [4.69, 9.17) is 0 Å². The van der Waals surface area contributed by atoms with Crippen molar-refractivity contribution in [3.05, 3.63) is 18.2 Å². The first kappa shape index (κ1) is 15.0. The van der Waals surface area contributed by atoms with Gasteiger partial charge in [-0.3, -0.25) is 14.5 Å². The highest BCUT2D eigenvalue weighted by molar-refractivity contribution is 5.86. The molecule has 0 radical (unpaired) electrons. The van der Waals surface area contributed by atoms with Gasteiger partial charge in [-0.1, -0.05) is 0 Å². The first-order chi connectivity index (χ1) is 10.6. The van der Waals surface area contributed by atoms with Crippen molar-refractivity contribution in [2.24, 2.45) is 7.05 Å². The van der Waals surface area contributed by atoms with Gasteiger partial charge in [0, 0.05) is 52.0 Å². The molecule has 120 valence electrons. The molecule has 3 rings (SSSR count). The topological polar surface area (TPSA) is 61.7 Å². The lowest BCUT2D eigenvalue weighted by atomic mass is 10.1. The lowest BCUT2D eigenvalue weighted by Crippen LogP contribution is -2.52. The molecule has 3 heterocycles. The van der Waals surface area contributed by atoms with Crippen LogP contribution in [-0.2, 0) is 16.6 Å². The SMILES string of the molecule is CN1CCN(C(=O)CN2CCCC2=O)CC1c1nccn1C. The second-order valence-electron chi connectivity index (χ2n) is 6.15. The van der Waals surface area contributed by atoms with E-state index in [1.165, 1.54) is 0 Å². The van der Waals surface area contributed by atoms with Gasteiger partial charge in [-0.2, -0.15) is 0 Å². The van der Waals surface area contributed by atoms with Gasteiger partial charge in [-0.15, -0.1) is 0 Å². The normalized spacial score (nSPS) is 23.4. The Hall–Kier alpha value is -1.89. The van der Waals surface area contributed by atoms with Crippen molar-refractivity contribution in [3.63, 3.8) is 0 Å². The van der Waals surface area contributed by atoms with Gasteiger partial charge >= 0.3 is 0 Å². The summed E-state index contributed by atoms with van der Waals surface area (Å²) in [7, 11) is 4.03. The molecule has 0 saturated carbocycles. The lowest BCUT2D eigenvalue weighted by Gasteiger charge is -2.39. The number of piperazine rings is 1.